The minimum absolute atomic E-state index is 0.269. The lowest BCUT2D eigenvalue weighted by atomic mass is 9.78. The fourth-order valence-electron chi connectivity index (χ4n) is 3.37. The second kappa shape index (κ2) is 5.50. The standard InChI is InChI=1S/C16H32N2/c1-12(2)14-8-9-18(11-14)15-7-6-13(15)10-17-16(3,4)5/h12-15,17H,6-11H2,1-5H3. The summed E-state index contributed by atoms with van der Waals surface area (Å²) >= 11 is 0. The van der Waals surface area contributed by atoms with Crippen LogP contribution in [0.3, 0.4) is 0 Å². The summed E-state index contributed by atoms with van der Waals surface area (Å²) in [5.41, 5.74) is 0.269. The SMILES string of the molecule is CC(C)C1CCN(C2CCC2CNC(C)(C)C)C1. The summed E-state index contributed by atoms with van der Waals surface area (Å²) in [7, 11) is 0. The van der Waals surface area contributed by atoms with Gasteiger partial charge < -0.3 is 5.32 Å². The van der Waals surface area contributed by atoms with Crippen molar-refractivity contribution in [2.24, 2.45) is 17.8 Å². The van der Waals surface area contributed by atoms with Gasteiger partial charge in [0, 0.05) is 18.1 Å². The molecule has 1 saturated heterocycles. The van der Waals surface area contributed by atoms with Gasteiger partial charge in [-0.1, -0.05) is 13.8 Å². The molecule has 0 aromatic carbocycles. The smallest absolute Gasteiger partial charge is 0.0136 e. The van der Waals surface area contributed by atoms with E-state index < -0.39 is 0 Å². The van der Waals surface area contributed by atoms with Crippen LogP contribution in [0.2, 0.25) is 0 Å². The first kappa shape index (κ1) is 14.3. The Kier molecular flexibility index (Phi) is 4.38. The summed E-state index contributed by atoms with van der Waals surface area (Å²) in [6, 6.07) is 0.878. The molecule has 1 aliphatic carbocycles. The molecule has 2 nitrogen and oxygen atoms in total. The molecule has 3 unspecified atom stereocenters. The fraction of sp³-hybridized carbons (Fsp3) is 1.00. The summed E-state index contributed by atoms with van der Waals surface area (Å²) < 4.78 is 0. The number of rotatable bonds is 4. The van der Waals surface area contributed by atoms with Crippen molar-refractivity contribution in [1.82, 2.24) is 10.2 Å². The highest BCUT2D eigenvalue weighted by Gasteiger charge is 2.39. The lowest BCUT2D eigenvalue weighted by Gasteiger charge is -2.44. The fourth-order valence-corrected chi connectivity index (χ4v) is 3.37. The third-order valence-electron chi connectivity index (χ3n) is 4.94. The van der Waals surface area contributed by atoms with Crippen molar-refractivity contribution in [1.29, 1.82) is 0 Å². The van der Waals surface area contributed by atoms with Gasteiger partial charge in [0.2, 0.25) is 0 Å². The van der Waals surface area contributed by atoms with Gasteiger partial charge in [-0.05, 0) is 70.9 Å². The molecule has 2 rings (SSSR count). The van der Waals surface area contributed by atoms with Crippen molar-refractivity contribution in [2.75, 3.05) is 19.6 Å². The quantitative estimate of drug-likeness (QED) is 0.827. The first-order chi connectivity index (χ1) is 8.37. The van der Waals surface area contributed by atoms with Crippen LogP contribution in [-0.4, -0.2) is 36.1 Å². The van der Waals surface area contributed by atoms with Crippen molar-refractivity contribution in [3.8, 4) is 0 Å². The van der Waals surface area contributed by atoms with Gasteiger partial charge in [0.1, 0.15) is 0 Å². The van der Waals surface area contributed by atoms with E-state index in [1.165, 1.54) is 38.9 Å². The Labute approximate surface area is 114 Å². The van der Waals surface area contributed by atoms with Crippen LogP contribution < -0.4 is 5.32 Å². The van der Waals surface area contributed by atoms with Crippen LogP contribution in [0, 0.1) is 17.8 Å². The number of hydrogen-bond donors (Lipinski definition) is 1. The summed E-state index contributed by atoms with van der Waals surface area (Å²) in [4.78, 5) is 2.78. The number of hydrogen-bond acceptors (Lipinski definition) is 2. The van der Waals surface area contributed by atoms with E-state index in [-0.39, 0.29) is 5.54 Å². The van der Waals surface area contributed by atoms with Gasteiger partial charge in [0.05, 0.1) is 0 Å². The Morgan fingerprint density at radius 3 is 2.33 bits per heavy atom. The summed E-state index contributed by atoms with van der Waals surface area (Å²) in [6.07, 6.45) is 4.28. The zero-order chi connectivity index (χ0) is 13.3. The highest BCUT2D eigenvalue weighted by molar-refractivity contribution is 4.94. The summed E-state index contributed by atoms with van der Waals surface area (Å²) in [5, 5.41) is 3.68. The van der Waals surface area contributed by atoms with Gasteiger partial charge >= 0.3 is 0 Å². The molecule has 1 N–H and O–H groups in total. The van der Waals surface area contributed by atoms with Gasteiger partial charge in [-0.25, -0.2) is 0 Å². The monoisotopic (exact) mass is 252 g/mol. The van der Waals surface area contributed by atoms with Crippen molar-refractivity contribution >= 4 is 0 Å². The van der Waals surface area contributed by atoms with Crippen molar-refractivity contribution in [3.63, 3.8) is 0 Å². The van der Waals surface area contributed by atoms with E-state index in [1.54, 1.807) is 0 Å². The molecule has 0 bridgehead atoms. The Bertz CT molecular complexity index is 267. The van der Waals surface area contributed by atoms with Gasteiger partial charge in [-0.3, -0.25) is 4.90 Å². The van der Waals surface area contributed by atoms with Gasteiger partial charge in [-0.15, -0.1) is 0 Å². The highest BCUT2D eigenvalue weighted by Crippen LogP contribution is 2.36. The Morgan fingerprint density at radius 1 is 1.17 bits per heavy atom. The Hall–Kier alpha value is -0.0800. The average Bonchev–Trinajstić information content (AvgIpc) is 2.63. The largest absolute Gasteiger partial charge is 0.312 e. The number of nitrogens with one attached hydrogen (secondary N) is 1. The zero-order valence-corrected chi connectivity index (χ0v) is 13.0. The molecule has 2 heteroatoms. The Morgan fingerprint density at radius 2 is 1.89 bits per heavy atom. The zero-order valence-electron chi connectivity index (χ0n) is 13.0. The summed E-state index contributed by atoms with van der Waals surface area (Å²) in [6.45, 7) is 15.5. The maximum Gasteiger partial charge on any atom is 0.0136 e. The molecule has 0 aromatic heterocycles. The summed E-state index contributed by atoms with van der Waals surface area (Å²) in [5.74, 6) is 2.71. The maximum absolute atomic E-state index is 3.68. The molecule has 106 valence electrons. The molecule has 3 atom stereocenters. The molecule has 0 spiro atoms. The van der Waals surface area contributed by atoms with Crippen molar-refractivity contribution < 1.29 is 0 Å². The van der Waals surface area contributed by atoms with E-state index >= 15 is 0 Å². The minimum atomic E-state index is 0.269. The topological polar surface area (TPSA) is 15.3 Å². The molecule has 0 radical (unpaired) electrons. The van der Waals surface area contributed by atoms with E-state index in [4.69, 9.17) is 0 Å². The normalized spacial score (nSPS) is 34.0. The third-order valence-corrected chi connectivity index (χ3v) is 4.94. The molecule has 0 amide bonds. The van der Waals surface area contributed by atoms with Crippen molar-refractivity contribution in [3.05, 3.63) is 0 Å². The van der Waals surface area contributed by atoms with E-state index in [9.17, 15) is 0 Å². The lowest BCUT2D eigenvalue weighted by Crippen LogP contribution is -2.52. The minimum Gasteiger partial charge on any atom is -0.312 e. The second-order valence-electron chi connectivity index (χ2n) is 7.82. The van der Waals surface area contributed by atoms with Gasteiger partial charge in [0.25, 0.3) is 0 Å². The predicted molar refractivity (Wildman–Crippen MR) is 78.8 cm³/mol. The molecule has 1 heterocycles. The van der Waals surface area contributed by atoms with Gasteiger partial charge in [0.15, 0.2) is 0 Å². The molecule has 1 saturated carbocycles. The van der Waals surface area contributed by atoms with Crippen LogP contribution >= 0.6 is 0 Å². The molecule has 0 aromatic rings. The van der Waals surface area contributed by atoms with E-state index in [2.05, 4.69) is 44.8 Å². The Balaban J connectivity index is 1.77. The second-order valence-corrected chi connectivity index (χ2v) is 7.82. The first-order valence-corrected chi connectivity index (χ1v) is 7.86. The molecule has 18 heavy (non-hydrogen) atoms. The van der Waals surface area contributed by atoms with Crippen LogP contribution in [-0.2, 0) is 0 Å². The van der Waals surface area contributed by atoms with E-state index in [1.807, 2.05) is 0 Å². The third kappa shape index (κ3) is 3.48. The van der Waals surface area contributed by atoms with Crippen LogP contribution in [0.1, 0.15) is 53.9 Å². The first-order valence-electron chi connectivity index (χ1n) is 7.86. The average molecular weight is 252 g/mol. The predicted octanol–water partition coefficient (Wildman–Crippen LogP) is 3.13. The molecular weight excluding hydrogens is 220 g/mol. The molecule has 2 fully saturated rings. The van der Waals surface area contributed by atoms with Crippen molar-refractivity contribution in [2.45, 2.75) is 65.5 Å². The number of nitrogens with zero attached hydrogens (tertiary/aromatic N) is 1. The maximum atomic E-state index is 3.68. The molecule has 2 aliphatic rings. The number of likely N-dealkylation sites (tertiary alicyclic amines) is 1. The van der Waals surface area contributed by atoms with Crippen LogP contribution in [0.5, 0.6) is 0 Å². The highest BCUT2D eigenvalue weighted by atomic mass is 15.2. The van der Waals surface area contributed by atoms with E-state index in [0.717, 1.165) is 23.8 Å². The van der Waals surface area contributed by atoms with Gasteiger partial charge in [-0.2, -0.15) is 0 Å². The molecular formula is C16H32N2. The molecule has 1 aliphatic heterocycles. The van der Waals surface area contributed by atoms with Crippen LogP contribution in [0.25, 0.3) is 0 Å². The van der Waals surface area contributed by atoms with Crippen LogP contribution in [0.4, 0.5) is 0 Å². The van der Waals surface area contributed by atoms with Crippen LogP contribution in [0.15, 0.2) is 0 Å². The van der Waals surface area contributed by atoms with E-state index in [0.29, 0.717) is 0 Å². The lowest BCUT2D eigenvalue weighted by molar-refractivity contribution is 0.0729.